The number of carbonyl (C=O) groups excluding carboxylic acids is 1. The van der Waals surface area contributed by atoms with Gasteiger partial charge < -0.3 is 0 Å². The zero-order valence-electron chi connectivity index (χ0n) is 5.97. The van der Waals surface area contributed by atoms with Crippen molar-refractivity contribution < 1.29 is 4.79 Å². The van der Waals surface area contributed by atoms with E-state index in [9.17, 15) is 4.79 Å². The molecule has 1 heterocycles. The maximum Gasteiger partial charge on any atom is 0.224 e. The van der Waals surface area contributed by atoms with Crippen LogP contribution in [0, 0.1) is 0 Å². The number of nitrogens with zero attached hydrogens (tertiary/aromatic N) is 2. The van der Waals surface area contributed by atoms with E-state index in [0.29, 0.717) is 13.0 Å². The summed E-state index contributed by atoms with van der Waals surface area (Å²) in [6, 6.07) is 5.47. The van der Waals surface area contributed by atoms with Crippen LogP contribution in [-0.4, -0.2) is 16.4 Å². The van der Waals surface area contributed by atoms with E-state index in [1.165, 1.54) is 0 Å². The molecule has 4 nitrogen and oxygen atoms in total. The first kappa shape index (κ1) is 7.68. The van der Waals surface area contributed by atoms with Crippen molar-refractivity contribution in [2.24, 2.45) is 5.84 Å². The highest BCUT2D eigenvalue weighted by molar-refractivity contribution is 5.45. The molecule has 0 atom stereocenters. The fourth-order valence-corrected chi connectivity index (χ4v) is 0.716. The van der Waals surface area contributed by atoms with Gasteiger partial charge in [0.05, 0.1) is 12.2 Å². The lowest BCUT2D eigenvalue weighted by Crippen LogP contribution is -2.28. The maximum absolute atomic E-state index is 10.1. The monoisotopic (exact) mass is 151 g/mol. The van der Waals surface area contributed by atoms with Crippen LogP contribution in [-0.2, 0) is 11.3 Å². The minimum absolute atomic E-state index is 0.352. The molecule has 1 aromatic rings. The number of hydrogen-bond donors (Lipinski definition) is 1. The molecule has 0 radical (unpaired) electrons. The second-order valence-corrected chi connectivity index (χ2v) is 2.10. The number of hydrogen-bond acceptors (Lipinski definition) is 3. The quantitative estimate of drug-likeness (QED) is 0.284. The van der Waals surface area contributed by atoms with Crippen LogP contribution in [0.3, 0.4) is 0 Å². The Morgan fingerprint density at radius 1 is 1.64 bits per heavy atom. The second kappa shape index (κ2) is 3.68. The number of amides is 1. The molecule has 0 saturated heterocycles. The third-order valence-corrected chi connectivity index (χ3v) is 1.21. The van der Waals surface area contributed by atoms with E-state index in [0.717, 1.165) is 10.7 Å². The topological polar surface area (TPSA) is 59.2 Å². The molecule has 0 aliphatic carbocycles. The molecular weight excluding hydrogens is 142 g/mol. The summed E-state index contributed by atoms with van der Waals surface area (Å²) in [5, 5.41) is 1.04. The molecule has 0 unspecified atom stereocenters. The van der Waals surface area contributed by atoms with Crippen LogP contribution in [0.2, 0.25) is 0 Å². The van der Waals surface area contributed by atoms with Gasteiger partial charge in [-0.25, -0.2) is 5.84 Å². The third-order valence-electron chi connectivity index (χ3n) is 1.21. The minimum atomic E-state index is 0.352. The zero-order chi connectivity index (χ0) is 8.10. The number of carbonyl (C=O) groups is 1. The normalized spacial score (nSPS) is 9.18. The molecule has 0 aromatic carbocycles. The van der Waals surface area contributed by atoms with Crippen LogP contribution >= 0.6 is 0 Å². The van der Waals surface area contributed by atoms with Crippen molar-refractivity contribution in [1.82, 2.24) is 9.99 Å². The van der Waals surface area contributed by atoms with E-state index in [4.69, 9.17) is 5.84 Å². The molecule has 1 amide bonds. The summed E-state index contributed by atoms with van der Waals surface area (Å²) in [5.41, 5.74) is 0.780. The first-order valence-corrected chi connectivity index (χ1v) is 3.19. The van der Waals surface area contributed by atoms with E-state index in [-0.39, 0.29) is 0 Å². The van der Waals surface area contributed by atoms with Crippen LogP contribution in [0.4, 0.5) is 0 Å². The summed E-state index contributed by atoms with van der Waals surface area (Å²) < 4.78 is 0. The summed E-state index contributed by atoms with van der Waals surface area (Å²) in [4.78, 5) is 14.1. The van der Waals surface area contributed by atoms with Gasteiger partial charge in [-0.3, -0.25) is 14.8 Å². The first-order valence-electron chi connectivity index (χ1n) is 3.19. The van der Waals surface area contributed by atoms with Crippen LogP contribution in [0.25, 0.3) is 0 Å². The summed E-state index contributed by atoms with van der Waals surface area (Å²) >= 11 is 0. The highest BCUT2D eigenvalue weighted by Gasteiger charge is 1.95. The number of nitrogens with two attached hydrogens (primary N) is 1. The molecular formula is C7H9N3O. The molecule has 4 heteroatoms. The van der Waals surface area contributed by atoms with Gasteiger partial charge in [-0.15, -0.1) is 0 Å². The fraction of sp³-hybridized carbons (Fsp3) is 0.143. The number of hydrazine groups is 1. The van der Waals surface area contributed by atoms with Crippen molar-refractivity contribution in [2.75, 3.05) is 0 Å². The predicted octanol–water partition coefficient (Wildman–Crippen LogP) is -0.0863. The van der Waals surface area contributed by atoms with Crippen molar-refractivity contribution >= 4 is 6.41 Å². The van der Waals surface area contributed by atoms with Gasteiger partial charge in [0.15, 0.2) is 0 Å². The predicted molar refractivity (Wildman–Crippen MR) is 40.0 cm³/mol. The van der Waals surface area contributed by atoms with Crippen LogP contribution in [0.1, 0.15) is 5.69 Å². The summed E-state index contributed by atoms with van der Waals surface area (Å²) in [6.07, 6.45) is 2.22. The highest BCUT2D eigenvalue weighted by atomic mass is 16.1. The van der Waals surface area contributed by atoms with Gasteiger partial charge in [0.25, 0.3) is 0 Å². The lowest BCUT2D eigenvalue weighted by atomic mass is 10.3. The molecule has 0 aliphatic rings. The Kier molecular flexibility index (Phi) is 2.57. The molecule has 1 aromatic heterocycles. The van der Waals surface area contributed by atoms with Crippen LogP contribution < -0.4 is 5.84 Å². The first-order chi connectivity index (χ1) is 5.33. The van der Waals surface area contributed by atoms with Gasteiger partial charge in [0, 0.05) is 6.20 Å². The second-order valence-electron chi connectivity index (χ2n) is 2.10. The lowest BCUT2D eigenvalue weighted by molar-refractivity contribution is -0.118. The Morgan fingerprint density at radius 3 is 3.00 bits per heavy atom. The van der Waals surface area contributed by atoms with Crippen LogP contribution in [0.15, 0.2) is 24.4 Å². The van der Waals surface area contributed by atoms with E-state index in [1.54, 1.807) is 6.20 Å². The van der Waals surface area contributed by atoms with Crippen molar-refractivity contribution in [3.05, 3.63) is 30.1 Å². The standard InChI is InChI=1S/C7H9N3O/c8-10(6-11)5-7-3-1-2-4-9-7/h1-4,6H,5,8H2. The summed E-state index contributed by atoms with van der Waals surface area (Å²) in [7, 11) is 0. The van der Waals surface area contributed by atoms with Gasteiger partial charge in [-0.2, -0.15) is 0 Å². The van der Waals surface area contributed by atoms with Crippen molar-refractivity contribution in [3.8, 4) is 0 Å². The van der Waals surface area contributed by atoms with Gasteiger partial charge in [0.1, 0.15) is 0 Å². The van der Waals surface area contributed by atoms with Gasteiger partial charge >= 0.3 is 0 Å². The Balaban J connectivity index is 2.57. The van der Waals surface area contributed by atoms with E-state index >= 15 is 0 Å². The Labute approximate surface area is 64.6 Å². The van der Waals surface area contributed by atoms with E-state index in [1.807, 2.05) is 18.2 Å². The lowest BCUT2D eigenvalue weighted by Gasteiger charge is -2.07. The number of pyridine rings is 1. The van der Waals surface area contributed by atoms with Crippen LogP contribution in [0.5, 0.6) is 0 Å². The Morgan fingerprint density at radius 2 is 2.45 bits per heavy atom. The molecule has 0 bridgehead atoms. The molecule has 58 valence electrons. The summed E-state index contributed by atoms with van der Waals surface area (Å²) in [6.45, 7) is 0.352. The van der Waals surface area contributed by atoms with E-state index in [2.05, 4.69) is 4.98 Å². The maximum atomic E-state index is 10.1. The minimum Gasteiger partial charge on any atom is -0.277 e. The highest BCUT2D eigenvalue weighted by Crippen LogP contribution is 1.94. The smallest absolute Gasteiger partial charge is 0.224 e. The SMILES string of the molecule is NN(C=O)Cc1ccccn1. The molecule has 0 spiro atoms. The molecule has 1 rings (SSSR count). The largest absolute Gasteiger partial charge is 0.277 e. The van der Waals surface area contributed by atoms with Gasteiger partial charge in [-0.1, -0.05) is 6.07 Å². The van der Waals surface area contributed by atoms with Gasteiger partial charge in [-0.05, 0) is 12.1 Å². The molecule has 0 saturated carbocycles. The number of rotatable bonds is 3. The Hall–Kier alpha value is -1.42. The molecule has 2 N–H and O–H groups in total. The Bertz CT molecular complexity index is 224. The van der Waals surface area contributed by atoms with Crippen molar-refractivity contribution in [2.45, 2.75) is 6.54 Å². The van der Waals surface area contributed by atoms with Crippen molar-refractivity contribution in [3.63, 3.8) is 0 Å². The molecule has 0 aliphatic heterocycles. The average molecular weight is 151 g/mol. The summed E-state index contributed by atoms with van der Waals surface area (Å²) in [5.74, 6) is 5.23. The fourth-order valence-electron chi connectivity index (χ4n) is 0.716. The third kappa shape index (κ3) is 2.35. The average Bonchev–Trinajstić information content (AvgIpc) is 2.06. The molecule has 11 heavy (non-hydrogen) atoms. The number of aromatic nitrogens is 1. The van der Waals surface area contributed by atoms with Crippen molar-refractivity contribution in [1.29, 1.82) is 0 Å². The zero-order valence-corrected chi connectivity index (χ0v) is 5.97. The molecule has 0 fully saturated rings. The van der Waals surface area contributed by atoms with E-state index < -0.39 is 0 Å². The van der Waals surface area contributed by atoms with Gasteiger partial charge in [0.2, 0.25) is 6.41 Å².